The van der Waals surface area contributed by atoms with Crippen LogP contribution in [0.4, 0.5) is 0 Å². The maximum atomic E-state index is 12.6. The van der Waals surface area contributed by atoms with E-state index in [1.807, 2.05) is 18.2 Å². The number of rotatable bonds is 23. The van der Waals surface area contributed by atoms with E-state index in [2.05, 4.69) is 13.8 Å². The number of methoxy groups -OCH3 is 1. The van der Waals surface area contributed by atoms with Crippen LogP contribution in [-0.4, -0.2) is 124 Å². The van der Waals surface area contributed by atoms with Crippen LogP contribution in [0.5, 0.6) is 17.2 Å². The van der Waals surface area contributed by atoms with Crippen molar-refractivity contribution in [1.29, 1.82) is 0 Å². The second-order valence-electron chi connectivity index (χ2n) is 14.8. The predicted octanol–water partition coefficient (Wildman–Crippen LogP) is 4.40. The van der Waals surface area contributed by atoms with E-state index in [9.17, 15) is 40.2 Å². The number of esters is 2. The van der Waals surface area contributed by atoms with Crippen molar-refractivity contribution in [3.8, 4) is 17.2 Å². The number of aromatic hydroxyl groups is 1. The molecule has 0 saturated carbocycles. The Kier molecular flexibility index (Phi) is 19.7. The summed E-state index contributed by atoms with van der Waals surface area (Å²) in [5.41, 5.74) is 1.39. The Balaban J connectivity index is 1.49. The van der Waals surface area contributed by atoms with E-state index in [1.165, 1.54) is 12.1 Å². The predicted molar refractivity (Wildman–Crippen MR) is 212 cm³/mol. The van der Waals surface area contributed by atoms with Crippen molar-refractivity contribution >= 4 is 24.1 Å². The Morgan fingerprint density at radius 1 is 0.621 bits per heavy atom. The summed E-state index contributed by atoms with van der Waals surface area (Å²) in [6.45, 7) is 3.26. The summed E-state index contributed by atoms with van der Waals surface area (Å²) in [4.78, 5) is 25.0. The fourth-order valence-corrected chi connectivity index (χ4v) is 6.67. The van der Waals surface area contributed by atoms with Crippen molar-refractivity contribution in [3.05, 3.63) is 53.6 Å². The van der Waals surface area contributed by atoms with Crippen molar-refractivity contribution in [3.63, 3.8) is 0 Å². The molecule has 15 heteroatoms. The molecule has 0 aliphatic carbocycles. The van der Waals surface area contributed by atoms with Gasteiger partial charge in [-0.25, -0.2) is 0 Å². The molecule has 2 aromatic rings. The zero-order chi connectivity index (χ0) is 42.0. The van der Waals surface area contributed by atoms with Crippen LogP contribution in [0.1, 0.15) is 102 Å². The molecule has 2 saturated heterocycles. The van der Waals surface area contributed by atoms with Gasteiger partial charge in [0.15, 0.2) is 6.29 Å². The third-order valence-corrected chi connectivity index (χ3v) is 10.1. The SMILES string of the molecule is CCCCCCCC(=O)OC[C@H]1O[C@@H](O[C@@H]2[C@@H](O)[C@H](Oc3cc(O)cc(/C=C/c4ccc(OC)cc4)c3)O[C@H](COC(=O)CCCCCCC)[C@H]2O)[C@H](O)[C@@H](O)[C@@H]1O. The molecule has 2 fully saturated rings. The first-order chi connectivity index (χ1) is 27.9. The first-order valence-corrected chi connectivity index (χ1v) is 20.4. The molecule has 4 rings (SSSR count). The molecule has 2 aliphatic heterocycles. The van der Waals surface area contributed by atoms with Crippen molar-refractivity contribution in [1.82, 2.24) is 0 Å². The molecule has 2 heterocycles. The minimum atomic E-state index is -1.86. The molecule has 0 bridgehead atoms. The van der Waals surface area contributed by atoms with Crippen molar-refractivity contribution in [2.24, 2.45) is 0 Å². The number of aliphatic hydroxyl groups is 5. The monoisotopic (exact) mass is 818 g/mol. The highest BCUT2D eigenvalue weighted by Crippen LogP contribution is 2.32. The molecule has 2 aliphatic rings. The van der Waals surface area contributed by atoms with Crippen LogP contribution in [0.15, 0.2) is 42.5 Å². The molecule has 58 heavy (non-hydrogen) atoms. The molecule has 6 N–H and O–H groups in total. The molecular formula is C43H62O15. The lowest BCUT2D eigenvalue weighted by Gasteiger charge is -2.46. The van der Waals surface area contributed by atoms with Crippen molar-refractivity contribution in [2.75, 3.05) is 20.3 Å². The van der Waals surface area contributed by atoms with Gasteiger partial charge in [-0.15, -0.1) is 0 Å². The lowest BCUT2D eigenvalue weighted by atomic mass is 9.97. The molecule has 15 nitrogen and oxygen atoms in total. The molecule has 324 valence electrons. The Morgan fingerprint density at radius 3 is 1.76 bits per heavy atom. The number of hydrogen-bond acceptors (Lipinski definition) is 15. The number of carbonyl (C=O) groups excluding carboxylic acids is 2. The number of benzene rings is 2. The van der Waals surface area contributed by atoms with Gasteiger partial charge in [-0.1, -0.05) is 89.5 Å². The van der Waals surface area contributed by atoms with E-state index in [1.54, 1.807) is 31.4 Å². The number of phenolic OH excluding ortho intramolecular Hbond substituents is 1. The van der Waals surface area contributed by atoms with E-state index in [4.69, 9.17) is 33.2 Å². The minimum absolute atomic E-state index is 0.0659. The van der Waals surface area contributed by atoms with Gasteiger partial charge in [0.1, 0.15) is 79.3 Å². The standard InChI is InChI=1S/C43H62O15/c1-4-6-8-10-12-14-34(45)53-25-32-36(47)38(49)39(50)42(56-32)58-41-37(48)33(26-54-35(46)15-13-11-9-7-5-2)57-43(40(41)51)55-31-23-28(22-29(44)24-31)17-16-27-18-20-30(52-3)21-19-27/h16-24,32-33,36-44,47-51H,4-15,25-26H2,1-3H3/b17-16+/t32-,33-,36-,37-,38+,39-,40-,41+,42+,43-/m1/s1. The van der Waals surface area contributed by atoms with Crippen LogP contribution in [-0.2, 0) is 33.3 Å². The summed E-state index contributed by atoms with van der Waals surface area (Å²) in [6, 6.07) is 11.7. The highest BCUT2D eigenvalue weighted by Gasteiger charge is 2.52. The van der Waals surface area contributed by atoms with Gasteiger partial charge in [0.25, 0.3) is 0 Å². The first kappa shape index (κ1) is 46.9. The molecule has 2 aromatic carbocycles. The van der Waals surface area contributed by atoms with Crippen LogP contribution in [0, 0.1) is 0 Å². The number of hydrogen-bond donors (Lipinski definition) is 6. The van der Waals surface area contributed by atoms with E-state index < -0.39 is 86.6 Å². The Labute approximate surface area is 340 Å². The first-order valence-electron chi connectivity index (χ1n) is 20.4. The van der Waals surface area contributed by atoms with Gasteiger partial charge < -0.3 is 63.8 Å². The lowest BCUT2D eigenvalue weighted by molar-refractivity contribution is -0.353. The largest absolute Gasteiger partial charge is 0.508 e. The summed E-state index contributed by atoms with van der Waals surface area (Å²) in [6.07, 6.45) is -3.42. The topological polar surface area (TPSA) is 220 Å². The second kappa shape index (κ2) is 24.3. The third kappa shape index (κ3) is 14.5. The van der Waals surface area contributed by atoms with Crippen LogP contribution in [0.2, 0.25) is 0 Å². The highest BCUT2D eigenvalue weighted by molar-refractivity contribution is 5.71. The third-order valence-electron chi connectivity index (χ3n) is 10.1. The maximum absolute atomic E-state index is 12.6. The minimum Gasteiger partial charge on any atom is -0.508 e. The summed E-state index contributed by atoms with van der Waals surface area (Å²) in [5, 5.41) is 65.8. The summed E-state index contributed by atoms with van der Waals surface area (Å²) in [7, 11) is 1.57. The number of aliphatic hydroxyl groups excluding tert-OH is 5. The lowest BCUT2D eigenvalue weighted by Crippen LogP contribution is -2.65. The number of carbonyl (C=O) groups is 2. The summed E-state index contributed by atoms with van der Waals surface area (Å²) >= 11 is 0. The Bertz CT molecular complexity index is 1550. The Hall–Kier alpha value is -3.80. The molecule has 0 amide bonds. The summed E-state index contributed by atoms with van der Waals surface area (Å²) in [5.74, 6) is -0.442. The van der Waals surface area contributed by atoms with Crippen LogP contribution >= 0.6 is 0 Å². The van der Waals surface area contributed by atoms with E-state index >= 15 is 0 Å². The second-order valence-corrected chi connectivity index (χ2v) is 14.8. The molecule has 0 radical (unpaired) electrons. The highest BCUT2D eigenvalue weighted by atomic mass is 16.7. The molecule has 10 atom stereocenters. The van der Waals surface area contributed by atoms with Gasteiger partial charge in [0, 0.05) is 18.9 Å². The van der Waals surface area contributed by atoms with Gasteiger partial charge in [-0.05, 0) is 48.2 Å². The van der Waals surface area contributed by atoms with Crippen molar-refractivity contribution in [2.45, 2.75) is 152 Å². The number of ether oxygens (including phenoxy) is 7. The molecule has 0 spiro atoms. The molecule has 0 unspecified atom stereocenters. The van der Waals surface area contributed by atoms with E-state index in [-0.39, 0.29) is 24.3 Å². The molecule has 0 aromatic heterocycles. The quantitative estimate of drug-likeness (QED) is 0.0520. The van der Waals surface area contributed by atoms with Gasteiger partial charge >= 0.3 is 11.9 Å². The fourth-order valence-electron chi connectivity index (χ4n) is 6.67. The maximum Gasteiger partial charge on any atom is 0.305 e. The van der Waals surface area contributed by atoms with Gasteiger partial charge in [0.05, 0.1) is 7.11 Å². The van der Waals surface area contributed by atoms with Crippen LogP contribution in [0.25, 0.3) is 12.2 Å². The van der Waals surface area contributed by atoms with Crippen LogP contribution < -0.4 is 9.47 Å². The summed E-state index contributed by atoms with van der Waals surface area (Å²) < 4.78 is 39.6. The smallest absolute Gasteiger partial charge is 0.305 e. The van der Waals surface area contributed by atoms with E-state index in [0.717, 1.165) is 56.9 Å². The van der Waals surface area contributed by atoms with Crippen molar-refractivity contribution < 1.29 is 73.4 Å². The van der Waals surface area contributed by atoms with Crippen LogP contribution in [0.3, 0.4) is 0 Å². The van der Waals surface area contributed by atoms with E-state index in [0.29, 0.717) is 24.2 Å². The number of phenols is 1. The van der Waals surface area contributed by atoms with Gasteiger partial charge in [0.2, 0.25) is 6.29 Å². The zero-order valence-corrected chi connectivity index (χ0v) is 33.7. The fraction of sp³-hybridized carbons (Fsp3) is 0.628. The average Bonchev–Trinajstić information content (AvgIpc) is 3.21. The normalized spacial score (nSPS) is 27.3. The Morgan fingerprint density at radius 2 is 1.17 bits per heavy atom. The zero-order valence-electron chi connectivity index (χ0n) is 33.7. The van der Waals surface area contributed by atoms with Gasteiger partial charge in [-0.2, -0.15) is 0 Å². The van der Waals surface area contributed by atoms with Gasteiger partial charge in [-0.3, -0.25) is 9.59 Å². The number of unbranched alkanes of at least 4 members (excludes halogenated alkanes) is 8. The molecular weight excluding hydrogens is 756 g/mol. The average molecular weight is 819 g/mol.